The van der Waals surface area contributed by atoms with Crippen LogP contribution in [0.5, 0.6) is 0 Å². The number of amides is 1. The van der Waals surface area contributed by atoms with Crippen LogP contribution in [0.3, 0.4) is 0 Å². The Balaban J connectivity index is 2.14. The van der Waals surface area contributed by atoms with Gasteiger partial charge in [-0.05, 0) is 20.8 Å². The van der Waals surface area contributed by atoms with Crippen LogP contribution in [0.1, 0.15) is 35.9 Å². The Hall–Kier alpha value is -2.64. The predicted molar refractivity (Wildman–Crippen MR) is 75.2 cm³/mol. The zero-order chi connectivity index (χ0) is 15.6. The molecule has 2 rings (SSSR count). The van der Waals surface area contributed by atoms with Gasteiger partial charge in [-0.2, -0.15) is 10.2 Å². The van der Waals surface area contributed by atoms with Gasteiger partial charge in [-0.15, -0.1) is 0 Å². The van der Waals surface area contributed by atoms with Crippen molar-refractivity contribution in [3.63, 3.8) is 0 Å². The van der Waals surface area contributed by atoms with Gasteiger partial charge in [0.2, 0.25) is 0 Å². The van der Waals surface area contributed by atoms with Crippen LogP contribution >= 0.6 is 0 Å². The summed E-state index contributed by atoms with van der Waals surface area (Å²) in [7, 11) is 0. The van der Waals surface area contributed by atoms with Gasteiger partial charge in [0.1, 0.15) is 12.4 Å². The van der Waals surface area contributed by atoms with Crippen molar-refractivity contribution in [3.8, 4) is 0 Å². The Morgan fingerprint density at radius 1 is 1.43 bits per heavy atom. The molecule has 0 aliphatic heterocycles. The Bertz CT molecular complexity index is 671. The van der Waals surface area contributed by atoms with Crippen LogP contribution in [0.25, 0.3) is 0 Å². The van der Waals surface area contributed by atoms with Gasteiger partial charge in [0.15, 0.2) is 0 Å². The van der Waals surface area contributed by atoms with Gasteiger partial charge in [0.25, 0.3) is 5.91 Å². The minimum absolute atomic E-state index is 0.115. The van der Waals surface area contributed by atoms with Gasteiger partial charge < -0.3 is 10.4 Å². The minimum Gasteiger partial charge on any atom is -0.480 e. The number of hydrogen-bond acceptors (Lipinski definition) is 4. The SMILES string of the molecule is Cc1cc(NC(=O)c2cnn(CC(=O)O)c2)n(C(C)C)n1. The lowest BCUT2D eigenvalue weighted by atomic mass is 10.3. The molecule has 1 amide bonds. The molecule has 0 aromatic carbocycles. The molecule has 0 saturated carbocycles. The van der Waals surface area contributed by atoms with E-state index < -0.39 is 5.97 Å². The number of nitrogens with one attached hydrogen (secondary N) is 1. The maximum atomic E-state index is 12.1. The van der Waals surface area contributed by atoms with Gasteiger partial charge >= 0.3 is 5.97 Å². The first-order chi connectivity index (χ1) is 9.86. The lowest BCUT2D eigenvalue weighted by molar-refractivity contribution is -0.137. The van der Waals surface area contributed by atoms with Gasteiger partial charge in [-0.25, -0.2) is 4.68 Å². The molecule has 2 heterocycles. The fraction of sp³-hybridized carbons (Fsp3) is 0.385. The van der Waals surface area contributed by atoms with Crippen molar-refractivity contribution < 1.29 is 14.7 Å². The van der Waals surface area contributed by atoms with Crippen molar-refractivity contribution in [2.45, 2.75) is 33.4 Å². The molecule has 0 radical (unpaired) electrons. The van der Waals surface area contributed by atoms with Crippen molar-refractivity contribution in [1.29, 1.82) is 0 Å². The standard InChI is InChI=1S/C13H17N5O3/c1-8(2)18-11(4-9(3)16-18)15-13(21)10-5-14-17(6-10)7-12(19)20/h4-6,8H,7H2,1-3H3,(H,15,21)(H,19,20). The number of carbonyl (C=O) groups excluding carboxylic acids is 1. The Labute approximate surface area is 121 Å². The summed E-state index contributed by atoms with van der Waals surface area (Å²) in [4.78, 5) is 22.7. The van der Waals surface area contributed by atoms with Crippen LogP contribution in [0.15, 0.2) is 18.5 Å². The zero-order valence-corrected chi connectivity index (χ0v) is 12.1. The molecule has 0 spiro atoms. The Morgan fingerprint density at radius 2 is 2.14 bits per heavy atom. The molecule has 0 bridgehead atoms. The molecule has 0 atom stereocenters. The van der Waals surface area contributed by atoms with Gasteiger partial charge in [0, 0.05) is 18.3 Å². The number of carboxylic acids is 1. The number of nitrogens with zero attached hydrogens (tertiary/aromatic N) is 4. The number of carbonyl (C=O) groups is 2. The number of rotatable bonds is 5. The molecule has 112 valence electrons. The fourth-order valence-corrected chi connectivity index (χ4v) is 1.90. The number of anilines is 1. The van der Waals surface area contributed by atoms with E-state index in [1.807, 2.05) is 20.8 Å². The van der Waals surface area contributed by atoms with E-state index >= 15 is 0 Å². The minimum atomic E-state index is -1.02. The predicted octanol–water partition coefficient (Wildman–Crippen LogP) is 1.31. The third kappa shape index (κ3) is 3.47. The van der Waals surface area contributed by atoms with Crippen molar-refractivity contribution in [3.05, 3.63) is 29.7 Å². The summed E-state index contributed by atoms with van der Waals surface area (Å²) in [6.07, 6.45) is 2.73. The molecule has 0 saturated heterocycles. The van der Waals surface area contributed by atoms with E-state index in [1.54, 1.807) is 10.7 Å². The number of carboxylic acid groups (broad SMARTS) is 1. The summed E-state index contributed by atoms with van der Waals surface area (Å²) in [5.74, 6) is -0.773. The first-order valence-electron chi connectivity index (χ1n) is 6.48. The highest BCUT2D eigenvalue weighted by atomic mass is 16.4. The lowest BCUT2D eigenvalue weighted by Crippen LogP contribution is -2.16. The summed E-state index contributed by atoms with van der Waals surface area (Å²) < 4.78 is 2.91. The maximum absolute atomic E-state index is 12.1. The molecule has 8 heteroatoms. The Kier molecular flexibility index (Phi) is 4.06. The lowest BCUT2D eigenvalue weighted by Gasteiger charge is -2.11. The normalized spacial score (nSPS) is 10.9. The number of aryl methyl sites for hydroxylation is 1. The van der Waals surface area contributed by atoms with Crippen molar-refractivity contribution >= 4 is 17.7 Å². The van der Waals surface area contributed by atoms with Crippen LogP contribution < -0.4 is 5.32 Å². The summed E-state index contributed by atoms with van der Waals surface area (Å²) in [6.45, 7) is 5.50. The van der Waals surface area contributed by atoms with E-state index in [1.165, 1.54) is 17.1 Å². The molecule has 0 aliphatic rings. The summed E-state index contributed by atoms with van der Waals surface area (Å²) in [6, 6.07) is 1.89. The fourth-order valence-electron chi connectivity index (χ4n) is 1.90. The van der Waals surface area contributed by atoms with E-state index in [0.29, 0.717) is 11.4 Å². The highest BCUT2D eigenvalue weighted by molar-refractivity contribution is 6.03. The third-order valence-corrected chi connectivity index (χ3v) is 2.78. The van der Waals surface area contributed by atoms with Crippen molar-refractivity contribution in [2.24, 2.45) is 0 Å². The average Bonchev–Trinajstić information content (AvgIpc) is 2.95. The molecule has 0 unspecified atom stereocenters. The van der Waals surface area contributed by atoms with Gasteiger partial charge in [-0.1, -0.05) is 0 Å². The second-order valence-corrected chi connectivity index (χ2v) is 4.98. The van der Waals surface area contributed by atoms with Crippen LogP contribution in [-0.2, 0) is 11.3 Å². The van der Waals surface area contributed by atoms with Gasteiger partial charge in [0.05, 0.1) is 17.5 Å². The second-order valence-electron chi connectivity index (χ2n) is 4.98. The summed E-state index contributed by atoms with van der Waals surface area (Å²) in [5.41, 5.74) is 1.10. The molecule has 8 nitrogen and oxygen atoms in total. The first kappa shape index (κ1) is 14.8. The van der Waals surface area contributed by atoms with E-state index in [2.05, 4.69) is 15.5 Å². The molecular formula is C13H17N5O3. The summed E-state index contributed by atoms with van der Waals surface area (Å²) in [5, 5.41) is 19.6. The number of aromatic nitrogens is 4. The van der Waals surface area contributed by atoms with Crippen LogP contribution in [0.2, 0.25) is 0 Å². The van der Waals surface area contributed by atoms with E-state index in [9.17, 15) is 9.59 Å². The molecule has 21 heavy (non-hydrogen) atoms. The molecular weight excluding hydrogens is 274 g/mol. The second kappa shape index (κ2) is 5.78. The molecule has 2 aromatic heterocycles. The quantitative estimate of drug-likeness (QED) is 0.864. The monoisotopic (exact) mass is 291 g/mol. The molecule has 0 aliphatic carbocycles. The Morgan fingerprint density at radius 3 is 2.76 bits per heavy atom. The zero-order valence-electron chi connectivity index (χ0n) is 12.1. The molecule has 2 aromatic rings. The maximum Gasteiger partial charge on any atom is 0.325 e. The number of aliphatic carboxylic acids is 1. The molecule has 0 fully saturated rings. The average molecular weight is 291 g/mol. The van der Waals surface area contributed by atoms with Crippen LogP contribution in [-0.4, -0.2) is 36.5 Å². The first-order valence-corrected chi connectivity index (χ1v) is 6.48. The third-order valence-electron chi connectivity index (χ3n) is 2.78. The van der Waals surface area contributed by atoms with E-state index in [0.717, 1.165) is 5.69 Å². The largest absolute Gasteiger partial charge is 0.480 e. The summed E-state index contributed by atoms with van der Waals surface area (Å²) >= 11 is 0. The highest BCUT2D eigenvalue weighted by Crippen LogP contribution is 2.16. The van der Waals surface area contributed by atoms with Gasteiger partial charge in [-0.3, -0.25) is 14.3 Å². The van der Waals surface area contributed by atoms with Crippen LogP contribution in [0, 0.1) is 6.92 Å². The highest BCUT2D eigenvalue weighted by Gasteiger charge is 2.14. The van der Waals surface area contributed by atoms with Crippen molar-refractivity contribution in [2.75, 3.05) is 5.32 Å². The van der Waals surface area contributed by atoms with E-state index in [-0.39, 0.29) is 18.5 Å². The number of hydrogen-bond donors (Lipinski definition) is 2. The van der Waals surface area contributed by atoms with Crippen molar-refractivity contribution in [1.82, 2.24) is 19.6 Å². The molecule has 2 N–H and O–H groups in total. The smallest absolute Gasteiger partial charge is 0.325 e. The van der Waals surface area contributed by atoms with Crippen LogP contribution in [0.4, 0.5) is 5.82 Å². The van der Waals surface area contributed by atoms with E-state index in [4.69, 9.17) is 5.11 Å². The topological polar surface area (TPSA) is 102 Å².